The number of β-amino-alcohol motifs (C(OH)–C–C–N with tert-alkyl or cyclic N) is 1. The molecule has 2 atom stereocenters. The van der Waals surface area contributed by atoms with Crippen LogP contribution in [0.2, 0.25) is 5.02 Å². The van der Waals surface area contributed by atoms with Crippen LogP contribution in [0.15, 0.2) is 48.9 Å². The van der Waals surface area contributed by atoms with Crippen molar-refractivity contribution in [2.75, 3.05) is 37.7 Å². The zero-order chi connectivity index (χ0) is 35.9. The molecule has 4 aromatic rings. The number of hydrogen-bond acceptors (Lipinski definition) is 9. The molecule has 3 amide bonds. The summed E-state index contributed by atoms with van der Waals surface area (Å²) in [5.74, 6) is -1.19. The number of halogens is 4. The Kier molecular flexibility index (Phi) is 9.56. The second-order valence-electron chi connectivity index (χ2n) is 12.3. The average Bonchev–Trinajstić information content (AvgIpc) is 3.82. The van der Waals surface area contributed by atoms with E-state index in [0.29, 0.717) is 44.6 Å². The smallest absolute Gasteiger partial charge is 0.397 e. The first-order valence-corrected chi connectivity index (χ1v) is 16.1. The summed E-state index contributed by atoms with van der Waals surface area (Å²) >= 11 is 6.50. The number of benzene rings is 1. The van der Waals surface area contributed by atoms with Gasteiger partial charge in [-0.1, -0.05) is 11.6 Å². The van der Waals surface area contributed by atoms with Gasteiger partial charge in [-0.3, -0.25) is 14.4 Å². The molecule has 6 rings (SSSR count). The largest absolute Gasteiger partial charge is 0.435 e. The van der Waals surface area contributed by atoms with Gasteiger partial charge in [-0.05, 0) is 49.6 Å². The zero-order valence-electron chi connectivity index (χ0n) is 27.0. The highest BCUT2D eigenvalue weighted by Gasteiger charge is 2.39. The van der Waals surface area contributed by atoms with Crippen LogP contribution in [0.1, 0.15) is 45.9 Å². The van der Waals surface area contributed by atoms with Crippen molar-refractivity contribution in [3.05, 3.63) is 71.0 Å². The van der Waals surface area contributed by atoms with E-state index in [1.54, 1.807) is 16.8 Å². The predicted octanol–water partition coefficient (Wildman–Crippen LogP) is 2.96. The Morgan fingerprint density at radius 3 is 2.48 bits per heavy atom. The van der Waals surface area contributed by atoms with Gasteiger partial charge in [0, 0.05) is 51.7 Å². The Labute approximate surface area is 289 Å². The van der Waals surface area contributed by atoms with Crippen molar-refractivity contribution in [2.45, 2.75) is 43.6 Å². The first-order chi connectivity index (χ1) is 23.7. The third kappa shape index (κ3) is 7.01. The minimum Gasteiger partial charge on any atom is -0.397 e. The molecular formula is C32H34ClF3N10O4. The van der Waals surface area contributed by atoms with Gasteiger partial charge < -0.3 is 35.8 Å². The van der Waals surface area contributed by atoms with E-state index in [1.807, 2.05) is 0 Å². The zero-order valence-corrected chi connectivity index (χ0v) is 27.7. The maximum absolute atomic E-state index is 14.0. The number of nitrogen functional groups attached to an aromatic ring is 1. The van der Waals surface area contributed by atoms with Gasteiger partial charge in [-0.2, -0.15) is 18.3 Å². The standard InChI is InChI=1S/C32H34ClF3N10O4/c1-43(19-7-9-45(10-8-19)31(50)24-12-20(47)14-38-24)30(49)21-5-4-18(11-23(21)33)41-29(48)28-40-15-25(44(28)2)22-16-46(42-27(22)32(34,35)36)26-6-3-17(37)13-39-26/h3-6,11,13,15-16,19-20,24,38,47H,7-10,12,14,37H2,1-2H3,(H,41,48)/t20-,24+/m1/s1. The molecule has 264 valence electrons. The highest BCUT2D eigenvalue weighted by molar-refractivity contribution is 6.34. The van der Waals surface area contributed by atoms with Crippen LogP contribution in [0.4, 0.5) is 24.5 Å². The summed E-state index contributed by atoms with van der Waals surface area (Å²) in [6, 6.07) is 6.75. The van der Waals surface area contributed by atoms with Gasteiger partial charge in [-0.15, -0.1) is 0 Å². The van der Waals surface area contributed by atoms with Crippen molar-refractivity contribution in [3.8, 4) is 17.1 Å². The van der Waals surface area contributed by atoms with Crippen LogP contribution in [-0.2, 0) is 18.0 Å². The van der Waals surface area contributed by atoms with E-state index in [9.17, 15) is 32.7 Å². The van der Waals surface area contributed by atoms with Crippen LogP contribution in [0.5, 0.6) is 0 Å². The quantitative estimate of drug-likeness (QED) is 0.224. The first kappa shape index (κ1) is 34.8. The van der Waals surface area contributed by atoms with Gasteiger partial charge >= 0.3 is 6.18 Å². The molecular weight excluding hydrogens is 681 g/mol. The number of nitrogens with one attached hydrogen (secondary N) is 2. The SMILES string of the molecule is CN(C(=O)c1ccc(NC(=O)c2ncc(-c3cn(-c4ccc(N)cn4)nc3C(F)(F)F)n2C)cc1Cl)C1CCN(C(=O)[C@@H]2C[C@@H](O)CN2)CC1. The number of piperidine rings is 1. The fourth-order valence-electron chi connectivity index (χ4n) is 6.20. The number of hydrogen-bond donors (Lipinski definition) is 4. The molecule has 5 N–H and O–H groups in total. The Hall–Kier alpha value is -5.00. The Balaban J connectivity index is 1.12. The number of amides is 3. The number of likely N-dealkylation sites (tertiary alicyclic amines) is 1. The van der Waals surface area contributed by atoms with Crippen LogP contribution in [0.3, 0.4) is 0 Å². The molecule has 5 heterocycles. The molecule has 3 aromatic heterocycles. The Bertz CT molecular complexity index is 1920. The van der Waals surface area contributed by atoms with E-state index < -0.39 is 29.9 Å². The van der Waals surface area contributed by atoms with Gasteiger partial charge in [-0.25, -0.2) is 14.6 Å². The summed E-state index contributed by atoms with van der Waals surface area (Å²) in [6.07, 6.45) is -0.240. The molecule has 0 unspecified atom stereocenters. The predicted molar refractivity (Wildman–Crippen MR) is 176 cm³/mol. The van der Waals surface area contributed by atoms with E-state index in [4.69, 9.17) is 17.3 Å². The van der Waals surface area contributed by atoms with Crippen LogP contribution >= 0.6 is 11.6 Å². The van der Waals surface area contributed by atoms with Crippen molar-refractivity contribution < 1.29 is 32.7 Å². The summed E-state index contributed by atoms with van der Waals surface area (Å²) < 4.78 is 44.2. The lowest BCUT2D eigenvalue weighted by Gasteiger charge is -2.37. The fourth-order valence-corrected chi connectivity index (χ4v) is 6.46. The number of carbonyl (C=O) groups excluding carboxylic acids is 3. The molecule has 2 fully saturated rings. The van der Waals surface area contributed by atoms with Crippen molar-refractivity contribution in [1.82, 2.24) is 39.4 Å². The number of alkyl halides is 3. The second-order valence-corrected chi connectivity index (χ2v) is 12.7. The normalized spacial score (nSPS) is 18.3. The van der Waals surface area contributed by atoms with Gasteiger partial charge in [0.25, 0.3) is 11.8 Å². The van der Waals surface area contributed by atoms with Crippen LogP contribution in [0.25, 0.3) is 17.1 Å². The molecule has 0 spiro atoms. The lowest BCUT2D eigenvalue weighted by Crippen LogP contribution is -2.51. The maximum atomic E-state index is 14.0. The summed E-state index contributed by atoms with van der Waals surface area (Å²) in [5.41, 5.74) is 4.89. The van der Waals surface area contributed by atoms with Crippen molar-refractivity contribution in [3.63, 3.8) is 0 Å². The molecule has 0 saturated carbocycles. The average molecular weight is 715 g/mol. The van der Waals surface area contributed by atoms with Gasteiger partial charge in [0.05, 0.1) is 52.1 Å². The number of anilines is 2. The molecule has 2 aliphatic heterocycles. The van der Waals surface area contributed by atoms with E-state index in [2.05, 4.69) is 25.7 Å². The molecule has 18 heteroatoms. The number of carbonyl (C=O) groups is 3. The van der Waals surface area contributed by atoms with Gasteiger partial charge in [0.15, 0.2) is 17.3 Å². The molecule has 2 saturated heterocycles. The molecule has 1 aromatic carbocycles. The highest BCUT2D eigenvalue weighted by atomic mass is 35.5. The summed E-state index contributed by atoms with van der Waals surface area (Å²) in [6.45, 7) is 1.34. The summed E-state index contributed by atoms with van der Waals surface area (Å²) in [7, 11) is 3.07. The van der Waals surface area contributed by atoms with Crippen LogP contribution < -0.4 is 16.4 Å². The number of nitrogens with two attached hydrogens (primary N) is 1. The number of aliphatic hydroxyl groups excluding tert-OH is 1. The number of aromatic nitrogens is 5. The Morgan fingerprint density at radius 2 is 1.86 bits per heavy atom. The number of nitrogens with zero attached hydrogens (tertiary/aromatic N) is 7. The molecule has 0 aliphatic carbocycles. The van der Waals surface area contributed by atoms with Crippen LogP contribution in [0, 0.1) is 0 Å². The minimum atomic E-state index is -4.82. The summed E-state index contributed by atoms with van der Waals surface area (Å²) in [4.78, 5) is 50.8. The van der Waals surface area contributed by atoms with E-state index in [1.165, 1.54) is 48.1 Å². The number of rotatable bonds is 7. The lowest BCUT2D eigenvalue weighted by atomic mass is 10.0. The highest BCUT2D eigenvalue weighted by Crippen LogP contribution is 2.37. The third-order valence-corrected chi connectivity index (χ3v) is 9.28. The van der Waals surface area contributed by atoms with Crippen LogP contribution in [-0.4, -0.2) is 102 Å². The van der Waals surface area contributed by atoms with E-state index in [-0.39, 0.29) is 57.0 Å². The second kappa shape index (κ2) is 13.7. The number of aliphatic hydroxyl groups is 1. The topological polar surface area (TPSA) is 177 Å². The van der Waals surface area contributed by atoms with E-state index >= 15 is 0 Å². The van der Waals surface area contributed by atoms with Crippen molar-refractivity contribution in [1.29, 1.82) is 0 Å². The molecule has 0 radical (unpaired) electrons. The molecule has 50 heavy (non-hydrogen) atoms. The van der Waals surface area contributed by atoms with E-state index in [0.717, 1.165) is 17.1 Å². The van der Waals surface area contributed by atoms with Crippen molar-refractivity contribution in [2.24, 2.45) is 7.05 Å². The number of imidazole rings is 1. The minimum absolute atomic E-state index is 0.0182. The third-order valence-electron chi connectivity index (χ3n) is 8.96. The summed E-state index contributed by atoms with van der Waals surface area (Å²) in [5, 5.41) is 19.2. The van der Waals surface area contributed by atoms with Gasteiger partial charge in [0.2, 0.25) is 5.91 Å². The van der Waals surface area contributed by atoms with Gasteiger partial charge in [0.1, 0.15) is 0 Å². The Morgan fingerprint density at radius 1 is 1.12 bits per heavy atom. The molecule has 0 bridgehead atoms. The maximum Gasteiger partial charge on any atom is 0.435 e. The first-order valence-electron chi connectivity index (χ1n) is 15.7. The van der Waals surface area contributed by atoms with Crippen molar-refractivity contribution >= 4 is 40.7 Å². The fraction of sp³-hybridized carbons (Fsp3) is 0.375. The molecule has 2 aliphatic rings. The molecule has 14 nitrogen and oxygen atoms in total. The lowest BCUT2D eigenvalue weighted by molar-refractivity contribution is -0.141. The number of pyridine rings is 1. The monoisotopic (exact) mass is 714 g/mol.